The van der Waals surface area contributed by atoms with Crippen LogP contribution in [0.25, 0.3) is 10.2 Å². The van der Waals surface area contributed by atoms with Gasteiger partial charge in [0.05, 0.1) is 11.9 Å². The average Bonchev–Trinajstić information content (AvgIpc) is 2.96. The van der Waals surface area contributed by atoms with E-state index in [-0.39, 0.29) is 0 Å². The molecule has 2 heterocycles. The summed E-state index contributed by atoms with van der Waals surface area (Å²) in [6, 6.07) is 8.39. The van der Waals surface area contributed by atoms with E-state index in [9.17, 15) is 0 Å². The topological polar surface area (TPSA) is 50.5 Å². The zero-order chi connectivity index (χ0) is 15.6. The molecule has 0 aliphatic heterocycles. The molecule has 5 heteroatoms. The molecule has 1 aromatic carbocycles. The minimum atomic E-state index is 0.581. The Hall–Kier alpha value is -2.14. The number of aromatic nitrogens is 2. The normalized spacial score (nSPS) is 14.5. The molecule has 0 saturated heterocycles. The van der Waals surface area contributed by atoms with Crippen LogP contribution in [-0.4, -0.2) is 9.97 Å². The van der Waals surface area contributed by atoms with Gasteiger partial charge in [-0.1, -0.05) is 29.8 Å². The summed E-state index contributed by atoms with van der Waals surface area (Å²) in [6.07, 6.45) is 6.40. The molecule has 23 heavy (non-hydrogen) atoms. The van der Waals surface area contributed by atoms with Gasteiger partial charge in [-0.25, -0.2) is 9.97 Å². The van der Waals surface area contributed by atoms with Crippen molar-refractivity contribution in [3.05, 3.63) is 52.2 Å². The van der Waals surface area contributed by atoms with Gasteiger partial charge in [-0.05, 0) is 43.7 Å². The molecule has 1 aliphatic rings. The fourth-order valence-electron chi connectivity index (χ4n) is 3.03. The lowest BCUT2D eigenvalue weighted by Gasteiger charge is -2.10. The van der Waals surface area contributed by atoms with E-state index in [0.29, 0.717) is 6.54 Å². The van der Waals surface area contributed by atoms with Crippen LogP contribution in [0, 0.1) is 6.92 Å². The van der Waals surface area contributed by atoms with Crippen molar-refractivity contribution in [2.24, 2.45) is 10.2 Å². The number of hydrogen-bond donors (Lipinski definition) is 0. The fourth-order valence-corrected chi connectivity index (χ4v) is 4.25. The summed E-state index contributed by atoms with van der Waals surface area (Å²) in [4.78, 5) is 11.3. The van der Waals surface area contributed by atoms with E-state index in [1.807, 2.05) is 0 Å². The highest BCUT2D eigenvalue weighted by Gasteiger charge is 2.19. The monoisotopic (exact) mass is 322 g/mol. The molecule has 0 saturated carbocycles. The summed E-state index contributed by atoms with van der Waals surface area (Å²) in [5.41, 5.74) is 3.83. The Morgan fingerprint density at radius 2 is 1.91 bits per heavy atom. The minimum absolute atomic E-state index is 0.581. The predicted octanol–water partition coefficient (Wildman–Crippen LogP) is 5.16. The summed E-state index contributed by atoms with van der Waals surface area (Å²) in [5, 5.41) is 9.90. The van der Waals surface area contributed by atoms with Crippen LogP contribution in [0.4, 0.5) is 5.82 Å². The zero-order valence-electron chi connectivity index (χ0n) is 13.1. The third kappa shape index (κ3) is 2.88. The van der Waals surface area contributed by atoms with Gasteiger partial charge in [-0.3, -0.25) is 0 Å². The quantitative estimate of drug-likeness (QED) is 0.625. The van der Waals surface area contributed by atoms with E-state index in [0.717, 1.165) is 34.4 Å². The first-order chi connectivity index (χ1) is 11.3. The summed E-state index contributed by atoms with van der Waals surface area (Å²) in [5.74, 6) is 0.724. The minimum Gasteiger partial charge on any atom is -0.225 e. The SMILES string of the molecule is Cc1ccc(CN=Nc2ncnc3sc4c(c23)CCCC4)cc1. The number of thiophene rings is 1. The maximum absolute atomic E-state index is 4.43. The lowest BCUT2D eigenvalue weighted by atomic mass is 9.97. The van der Waals surface area contributed by atoms with E-state index in [4.69, 9.17) is 0 Å². The molecule has 2 aromatic heterocycles. The average molecular weight is 322 g/mol. The van der Waals surface area contributed by atoms with Crippen molar-refractivity contribution in [1.29, 1.82) is 0 Å². The number of azo groups is 1. The van der Waals surface area contributed by atoms with Gasteiger partial charge in [0, 0.05) is 4.88 Å². The highest BCUT2D eigenvalue weighted by Crippen LogP contribution is 2.39. The van der Waals surface area contributed by atoms with Crippen molar-refractivity contribution < 1.29 is 0 Å². The van der Waals surface area contributed by atoms with E-state index in [1.165, 1.54) is 28.8 Å². The molecule has 0 fully saturated rings. The van der Waals surface area contributed by atoms with Crippen LogP contribution in [0.1, 0.15) is 34.4 Å². The van der Waals surface area contributed by atoms with Gasteiger partial charge >= 0.3 is 0 Å². The second-order valence-electron chi connectivity index (χ2n) is 5.97. The van der Waals surface area contributed by atoms with Gasteiger partial charge in [0.2, 0.25) is 0 Å². The molecule has 0 bridgehead atoms. The summed E-state index contributed by atoms with van der Waals surface area (Å²) >= 11 is 1.79. The van der Waals surface area contributed by atoms with Gasteiger partial charge in [0.25, 0.3) is 0 Å². The van der Waals surface area contributed by atoms with Crippen LogP contribution in [0.3, 0.4) is 0 Å². The van der Waals surface area contributed by atoms with Gasteiger partial charge in [0.1, 0.15) is 11.2 Å². The molecule has 116 valence electrons. The second kappa shape index (κ2) is 6.16. The van der Waals surface area contributed by atoms with Crippen molar-refractivity contribution in [3.8, 4) is 0 Å². The van der Waals surface area contributed by atoms with E-state index in [2.05, 4.69) is 51.4 Å². The first kappa shape index (κ1) is 14.5. The number of fused-ring (bicyclic) bond motifs is 3. The van der Waals surface area contributed by atoms with Crippen LogP contribution >= 0.6 is 11.3 Å². The van der Waals surface area contributed by atoms with Crippen molar-refractivity contribution in [2.75, 3.05) is 0 Å². The second-order valence-corrected chi connectivity index (χ2v) is 7.06. The summed E-state index contributed by atoms with van der Waals surface area (Å²) in [7, 11) is 0. The smallest absolute Gasteiger partial charge is 0.186 e. The maximum Gasteiger partial charge on any atom is 0.186 e. The zero-order valence-corrected chi connectivity index (χ0v) is 13.9. The largest absolute Gasteiger partial charge is 0.225 e. The third-order valence-electron chi connectivity index (χ3n) is 4.27. The maximum atomic E-state index is 4.43. The fraction of sp³-hybridized carbons (Fsp3) is 0.333. The highest BCUT2D eigenvalue weighted by molar-refractivity contribution is 7.18. The molecule has 4 nitrogen and oxygen atoms in total. The summed E-state index contributed by atoms with van der Waals surface area (Å²) < 4.78 is 0. The Kier molecular flexibility index (Phi) is 3.87. The number of aryl methyl sites for hydroxylation is 3. The Bertz CT molecular complexity index is 865. The lowest BCUT2D eigenvalue weighted by Crippen LogP contribution is -1.98. The van der Waals surface area contributed by atoms with Crippen LogP contribution < -0.4 is 0 Å². The Balaban J connectivity index is 1.64. The number of hydrogen-bond acceptors (Lipinski definition) is 5. The molecule has 4 rings (SSSR count). The van der Waals surface area contributed by atoms with Gasteiger partial charge in [-0.15, -0.1) is 16.5 Å². The van der Waals surface area contributed by atoms with Gasteiger partial charge in [0.15, 0.2) is 5.82 Å². The molecule has 1 aliphatic carbocycles. The van der Waals surface area contributed by atoms with Gasteiger partial charge < -0.3 is 0 Å². The third-order valence-corrected chi connectivity index (χ3v) is 5.47. The van der Waals surface area contributed by atoms with Gasteiger partial charge in [-0.2, -0.15) is 5.11 Å². The molecule has 0 atom stereocenters. The molecule has 0 unspecified atom stereocenters. The molecular formula is C18H18N4S. The van der Waals surface area contributed by atoms with Crippen LogP contribution in [0.2, 0.25) is 0 Å². The first-order valence-electron chi connectivity index (χ1n) is 7.99. The van der Waals surface area contributed by atoms with Crippen molar-refractivity contribution in [3.63, 3.8) is 0 Å². The molecule has 3 aromatic rings. The first-order valence-corrected chi connectivity index (χ1v) is 8.81. The van der Waals surface area contributed by atoms with Crippen molar-refractivity contribution in [2.45, 2.75) is 39.2 Å². The molecular weight excluding hydrogens is 304 g/mol. The molecule has 0 N–H and O–H groups in total. The highest BCUT2D eigenvalue weighted by atomic mass is 32.1. The van der Waals surface area contributed by atoms with E-state index < -0.39 is 0 Å². The molecule has 0 spiro atoms. The van der Waals surface area contributed by atoms with E-state index >= 15 is 0 Å². The Labute approximate surface area is 139 Å². The molecule has 0 amide bonds. The number of nitrogens with zero attached hydrogens (tertiary/aromatic N) is 4. The predicted molar refractivity (Wildman–Crippen MR) is 93.5 cm³/mol. The lowest BCUT2D eigenvalue weighted by molar-refractivity contribution is 0.700. The molecule has 0 radical (unpaired) electrons. The van der Waals surface area contributed by atoms with Crippen molar-refractivity contribution in [1.82, 2.24) is 9.97 Å². The Morgan fingerprint density at radius 3 is 2.78 bits per heavy atom. The van der Waals surface area contributed by atoms with Crippen molar-refractivity contribution >= 4 is 27.4 Å². The van der Waals surface area contributed by atoms with Crippen LogP contribution in [-0.2, 0) is 19.4 Å². The van der Waals surface area contributed by atoms with Crippen LogP contribution in [0.5, 0.6) is 0 Å². The summed E-state index contributed by atoms with van der Waals surface area (Å²) in [6.45, 7) is 2.67. The number of benzene rings is 1. The Morgan fingerprint density at radius 1 is 1.09 bits per heavy atom. The van der Waals surface area contributed by atoms with Crippen LogP contribution in [0.15, 0.2) is 40.8 Å². The standard InChI is InChI=1S/C18H18N4S/c1-12-6-8-13(9-7-12)10-21-22-17-16-14-4-2-3-5-15(14)23-18(16)20-11-19-17/h6-9,11H,2-5,10H2,1H3. The van der Waals surface area contributed by atoms with E-state index in [1.54, 1.807) is 17.7 Å². The number of rotatable bonds is 3.